The lowest BCUT2D eigenvalue weighted by Crippen LogP contribution is -2.19. The highest BCUT2D eigenvalue weighted by Gasteiger charge is 2.01. The van der Waals surface area contributed by atoms with Crippen LogP contribution < -0.4 is 5.32 Å². The smallest absolute Gasteiger partial charge is 0.307 e. The van der Waals surface area contributed by atoms with Crippen molar-refractivity contribution in [2.75, 3.05) is 46.6 Å². The van der Waals surface area contributed by atoms with Crippen molar-refractivity contribution in [3.63, 3.8) is 0 Å². The SMILES string of the molecule is CCNCCC(=O)OCCOCCCOC. The molecule has 96 valence electrons. The molecule has 0 spiro atoms. The summed E-state index contributed by atoms with van der Waals surface area (Å²) >= 11 is 0. The van der Waals surface area contributed by atoms with E-state index in [1.807, 2.05) is 6.92 Å². The fourth-order valence-corrected chi connectivity index (χ4v) is 1.06. The van der Waals surface area contributed by atoms with Crippen LogP contribution in [0.2, 0.25) is 0 Å². The number of hydrogen-bond donors (Lipinski definition) is 1. The Kier molecular flexibility index (Phi) is 11.9. The minimum atomic E-state index is -0.179. The van der Waals surface area contributed by atoms with E-state index in [-0.39, 0.29) is 5.97 Å². The molecule has 0 saturated carbocycles. The first-order valence-electron chi connectivity index (χ1n) is 5.74. The van der Waals surface area contributed by atoms with Crippen LogP contribution in [0.4, 0.5) is 0 Å². The van der Waals surface area contributed by atoms with E-state index < -0.39 is 0 Å². The number of carbonyl (C=O) groups excluding carboxylic acids is 1. The predicted molar refractivity (Wildman–Crippen MR) is 61.4 cm³/mol. The molecule has 0 saturated heterocycles. The summed E-state index contributed by atoms with van der Waals surface area (Å²) in [5.41, 5.74) is 0. The summed E-state index contributed by atoms with van der Waals surface area (Å²) in [6, 6.07) is 0. The number of ether oxygens (including phenoxy) is 3. The first kappa shape index (κ1) is 15.3. The summed E-state index contributed by atoms with van der Waals surface area (Å²) in [5, 5.41) is 3.06. The van der Waals surface area contributed by atoms with E-state index in [1.165, 1.54) is 0 Å². The van der Waals surface area contributed by atoms with Gasteiger partial charge in [0.2, 0.25) is 0 Å². The van der Waals surface area contributed by atoms with Gasteiger partial charge < -0.3 is 19.5 Å². The van der Waals surface area contributed by atoms with Gasteiger partial charge in [-0.25, -0.2) is 0 Å². The zero-order valence-electron chi connectivity index (χ0n) is 10.3. The van der Waals surface area contributed by atoms with E-state index >= 15 is 0 Å². The van der Waals surface area contributed by atoms with Crippen molar-refractivity contribution in [2.24, 2.45) is 0 Å². The van der Waals surface area contributed by atoms with E-state index in [9.17, 15) is 4.79 Å². The molecular weight excluding hydrogens is 210 g/mol. The maximum Gasteiger partial charge on any atom is 0.307 e. The summed E-state index contributed by atoms with van der Waals surface area (Å²) < 4.78 is 15.1. The molecule has 0 fully saturated rings. The lowest BCUT2D eigenvalue weighted by molar-refractivity contribution is -0.145. The molecule has 0 aromatic heterocycles. The van der Waals surface area contributed by atoms with Crippen LogP contribution in [0.25, 0.3) is 0 Å². The minimum absolute atomic E-state index is 0.179. The van der Waals surface area contributed by atoms with Crippen molar-refractivity contribution < 1.29 is 19.0 Å². The molecule has 1 N–H and O–H groups in total. The quantitative estimate of drug-likeness (QED) is 0.418. The van der Waals surface area contributed by atoms with Gasteiger partial charge in [0.15, 0.2) is 0 Å². The fraction of sp³-hybridized carbons (Fsp3) is 0.909. The highest BCUT2D eigenvalue weighted by atomic mass is 16.6. The first-order chi connectivity index (χ1) is 7.81. The summed E-state index contributed by atoms with van der Waals surface area (Å²) in [4.78, 5) is 11.1. The van der Waals surface area contributed by atoms with Gasteiger partial charge in [0, 0.05) is 26.9 Å². The monoisotopic (exact) mass is 233 g/mol. The largest absolute Gasteiger partial charge is 0.463 e. The molecule has 0 bridgehead atoms. The molecule has 0 aromatic rings. The molecule has 0 aliphatic heterocycles. The summed E-state index contributed by atoms with van der Waals surface area (Å²) in [6.07, 6.45) is 1.28. The van der Waals surface area contributed by atoms with Crippen LogP contribution in [0.15, 0.2) is 0 Å². The van der Waals surface area contributed by atoms with Gasteiger partial charge in [0.25, 0.3) is 0 Å². The summed E-state index contributed by atoms with van der Waals surface area (Å²) in [6.45, 7) is 5.67. The first-order valence-corrected chi connectivity index (χ1v) is 5.74. The van der Waals surface area contributed by atoms with Crippen molar-refractivity contribution in [1.82, 2.24) is 5.32 Å². The Labute approximate surface area is 97.4 Å². The topological polar surface area (TPSA) is 56.8 Å². The third kappa shape index (κ3) is 11.4. The maximum absolute atomic E-state index is 11.1. The van der Waals surface area contributed by atoms with Gasteiger partial charge >= 0.3 is 5.97 Å². The molecule has 0 radical (unpaired) electrons. The number of hydrogen-bond acceptors (Lipinski definition) is 5. The Morgan fingerprint density at radius 3 is 2.69 bits per heavy atom. The van der Waals surface area contributed by atoms with Gasteiger partial charge in [0.05, 0.1) is 13.0 Å². The standard InChI is InChI=1S/C11H23NO4/c1-3-12-6-5-11(13)16-10-9-15-8-4-7-14-2/h12H,3-10H2,1-2H3. The van der Waals surface area contributed by atoms with Gasteiger partial charge in [-0.3, -0.25) is 4.79 Å². The van der Waals surface area contributed by atoms with Crippen molar-refractivity contribution in [2.45, 2.75) is 19.8 Å². The van der Waals surface area contributed by atoms with Crippen LogP contribution >= 0.6 is 0 Å². The second kappa shape index (κ2) is 12.4. The second-order valence-electron chi connectivity index (χ2n) is 3.28. The van der Waals surface area contributed by atoms with Crippen molar-refractivity contribution >= 4 is 5.97 Å². The van der Waals surface area contributed by atoms with Gasteiger partial charge in [-0.2, -0.15) is 0 Å². The Morgan fingerprint density at radius 1 is 1.19 bits per heavy atom. The molecule has 0 heterocycles. The van der Waals surface area contributed by atoms with Crippen LogP contribution in [-0.2, 0) is 19.0 Å². The third-order valence-corrected chi connectivity index (χ3v) is 1.88. The van der Waals surface area contributed by atoms with Crippen LogP contribution in [0.1, 0.15) is 19.8 Å². The Morgan fingerprint density at radius 2 is 2.00 bits per heavy atom. The van der Waals surface area contributed by atoms with E-state index in [1.54, 1.807) is 7.11 Å². The zero-order valence-corrected chi connectivity index (χ0v) is 10.3. The molecule has 0 aliphatic rings. The van der Waals surface area contributed by atoms with E-state index in [0.717, 1.165) is 13.0 Å². The lowest BCUT2D eigenvalue weighted by atomic mass is 10.4. The van der Waals surface area contributed by atoms with Crippen molar-refractivity contribution in [3.05, 3.63) is 0 Å². The average molecular weight is 233 g/mol. The van der Waals surface area contributed by atoms with Crippen LogP contribution in [0.5, 0.6) is 0 Å². The summed E-state index contributed by atoms with van der Waals surface area (Å²) in [7, 11) is 1.66. The Bertz CT molecular complexity index is 164. The molecule has 0 amide bonds. The third-order valence-electron chi connectivity index (χ3n) is 1.88. The normalized spacial score (nSPS) is 10.4. The Hall–Kier alpha value is -0.650. The highest BCUT2D eigenvalue weighted by molar-refractivity contribution is 5.69. The maximum atomic E-state index is 11.1. The minimum Gasteiger partial charge on any atom is -0.463 e. The molecular formula is C11H23NO4. The molecule has 0 aromatic carbocycles. The molecule has 5 heteroatoms. The Balaban J connectivity index is 3.09. The molecule has 0 unspecified atom stereocenters. The number of methoxy groups -OCH3 is 1. The fourth-order valence-electron chi connectivity index (χ4n) is 1.06. The zero-order chi connectivity index (χ0) is 12.1. The molecule has 0 atom stereocenters. The molecule has 0 rings (SSSR count). The van der Waals surface area contributed by atoms with E-state index in [0.29, 0.717) is 39.4 Å². The van der Waals surface area contributed by atoms with Crippen LogP contribution in [0, 0.1) is 0 Å². The van der Waals surface area contributed by atoms with E-state index in [2.05, 4.69) is 5.32 Å². The number of rotatable bonds is 11. The van der Waals surface area contributed by atoms with Crippen LogP contribution in [-0.4, -0.2) is 52.6 Å². The van der Waals surface area contributed by atoms with Gasteiger partial charge in [-0.05, 0) is 13.0 Å². The number of nitrogens with one attached hydrogen (secondary N) is 1. The van der Waals surface area contributed by atoms with Gasteiger partial charge in [-0.15, -0.1) is 0 Å². The van der Waals surface area contributed by atoms with Crippen molar-refractivity contribution in [3.8, 4) is 0 Å². The van der Waals surface area contributed by atoms with Gasteiger partial charge in [0.1, 0.15) is 6.61 Å². The highest BCUT2D eigenvalue weighted by Crippen LogP contribution is 1.87. The molecule has 5 nitrogen and oxygen atoms in total. The average Bonchev–Trinajstić information content (AvgIpc) is 2.28. The van der Waals surface area contributed by atoms with E-state index in [4.69, 9.17) is 14.2 Å². The lowest BCUT2D eigenvalue weighted by Gasteiger charge is -2.06. The molecule has 16 heavy (non-hydrogen) atoms. The number of esters is 1. The van der Waals surface area contributed by atoms with Gasteiger partial charge in [-0.1, -0.05) is 6.92 Å². The van der Waals surface area contributed by atoms with Crippen molar-refractivity contribution in [1.29, 1.82) is 0 Å². The van der Waals surface area contributed by atoms with Crippen LogP contribution in [0.3, 0.4) is 0 Å². The summed E-state index contributed by atoms with van der Waals surface area (Å²) in [5.74, 6) is -0.179. The second-order valence-corrected chi connectivity index (χ2v) is 3.28. The molecule has 0 aliphatic carbocycles. The number of carbonyl (C=O) groups is 1. The predicted octanol–water partition coefficient (Wildman–Crippen LogP) is 0.582.